The molecule has 0 atom stereocenters. The van der Waals surface area contributed by atoms with Crippen LogP contribution in [0.3, 0.4) is 0 Å². The number of carbonyl (C=O) groups excluding carboxylic acids is 2. The lowest BCUT2D eigenvalue weighted by Gasteiger charge is -2.28. The first-order valence-electron chi connectivity index (χ1n) is 10.7. The summed E-state index contributed by atoms with van der Waals surface area (Å²) in [5.41, 5.74) is 3.51. The van der Waals surface area contributed by atoms with E-state index in [1.807, 2.05) is 42.5 Å². The number of rotatable bonds is 4. The smallest absolute Gasteiger partial charge is 0.261 e. The molecule has 3 aromatic carbocycles. The van der Waals surface area contributed by atoms with E-state index < -0.39 is 5.91 Å². The van der Waals surface area contributed by atoms with Gasteiger partial charge >= 0.3 is 0 Å². The summed E-state index contributed by atoms with van der Waals surface area (Å²) in [7, 11) is 0. The van der Waals surface area contributed by atoms with Crippen molar-refractivity contribution in [3.63, 3.8) is 0 Å². The first-order chi connectivity index (χ1) is 16.7. The molecule has 34 heavy (non-hydrogen) atoms. The number of aromatic nitrogens is 3. The van der Waals surface area contributed by atoms with Crippen molar-refractivity contribution in [2.75, 3.05) is 6.79 Å². The van der Waals surface area contributed by atoms with E-state index in [9.17, 15) is 9.59 Å². The Hall–Kier alpha value is -4.72. The molecule has 0 bridgehead atoms. The number of nitrogens with zero attached hydrogens (tertiary/aromatic N) is 4. The van der Waals surface area contributed by atoms with E-state index >= 15 is 0 Å². The third-order valence-corrected chi connectivity index (χ3v) is 5.73. The van der Waals surface area contributed by atoms with Crippen LogP contribution in [0.2, 0.25) is 0 Å². The van der Waals surface area contributed by atoms with Crippen LogP contribution in [-0.2, 0) is 11.3 Å². The van der Waals surface area contributed by atoms with Crippen molar-refractivity contribution >= 4 is 23.5 Å². The zero-order valence-corrected chi connectivity index (χ0v) is 17.9. The molecule has 0 unspecified atom stereocenters. The van der Waals surface area contributed by atoms with Crippen LogP contribution >= 0.6 is 0 Å². The summed E-state index contributed by atoms with van der Waals surface area (Å²) in [5, 5.41) is 8.80. The molecule has 0 aliphatic carbocycles. The first kappa shape index (κ1) is 19.9. The maximum Gasteiger partial charge on any atom is 0.261 e. The molecule has 166 valence electrons. The molecule has 0 spiro atoms. The summed E-state index contributed by atoms with van der Waals surface area (Å²) in [6.07, 6.45) is 3.27. The Bertz CT molecular complexity index is 1460. The Morgan fingerprint density at radius 2 is 1.62 bits per heavy atom. The molecule has 3 heterocycles. The van der Waals surface area contributed by atoms with Crippen LogP contribution in [-0.4, -0.2) is 38.5 Å². The summed E-state index contributed by atoms with van der Waals surface area (Å²) in [4.78, 5) is 29.5. The summed E-state index contributed by atoms with van der Waals surface area (Å²) in [5.74, 6) is 0.509. The van der Waals surface area contributed by atoms with E-state index in [0.29, 0.717) is 33.9 Å². The third-order valence-electron chi connectivity index (χ3n) is 5.73. The number of hydrogen-bond donors (Lipinski definition) is 0. The van der Waals surface area contributed by atoms with Crippen molar-refractivity contribution in [2.24, 2.45) is 0 Å². The molecule has 8 nitrogen and oxygen atoms in total. The monoisotopic (exact) mass is 450 g/mol. The van der Waals surface area contributed by atoms with Crippen LogP contribution in [0.1, 0.15) is 27.2 Å². The van der Waals surface area contributed by atoms with E-state index in [4.69, 9.17) is 9.47 Å². The number of carbonyl (C=O) groups is 2. The van der Waals surface area contributed by atoms with Crippen LogP contribution in [0, 0.1) is 0 Å². The predicted octanol–water partition coefficient (Wildman–Crippen LogP) is 3.72. The van der Waals surface area contributed by atoms with Gasteiger partial charge in [0.25, 0.3) is 11.8 Å². The number of imide groups is 1. The van der Waals surface area contributed by atoms with Gasteiger partial charge in [0.1, 0.15) is 5.69 Å². The molecule has 0 fully saturated rings. The van der Waals surface area contributed by atoms with Gasteiger partial charge < -0.3 is 9.47 Å². The van der Waals surface area contributed by atoms with Crippen LogP contribution in [0.15, 0.2) is 79.0 Å². The second kappa shape index (κ2) is 8.00. The molecule has 2 aliphatic rings. The minimum absolute atomic E-state index is 0.108. The Morgan fingerprint density at radius 1 is 0.853 bits per heavy atom. The summed E-state index contributed by atoms with van der Waals surface area (Å²) in [6, 6.07) is 22.0. The fraction of sp³-hybridized carbons (Fsp3) is 0.0769. The van der Waals surface area contributed by atoms with Crippen LogP contribution in [0.5, 0.6) is 11.5 Å². The number of benzene rings is 3. The molecule has 2 aliphatic heterocycles. The highest BCUT2D eigenvalue weighted by Crippen LogP contribution is 2.35. The van der Waals surface area contributed by atoms with Crippen molar-refractivity contribution in [1.29, 1.82) is 0 Å². The summed E-state index contributed by atoms with van der Waals surface area (Å²) in [6.45, 7) is 0.265. The van der Waals surface area contributed by atoms with E-state index in [0.717, 1.165) is 11.3 Å². The van der Waals surface area contributed by atoms with Crippen molar-refractivity contribution in [3.05, 3.63) is 101 Å². The highest BCUT2D eigenvalue weighted by molar-refractivity contribution is 6.33. The SMILES string of the molecule is O=C1/C(=C/c2cnn(-c3ccccc3)n2)c2ccccc2C(=O)N1Cc1ccc2c(c1)OCO2. The molecule has 0 saturated heterocycles. The number of para-hydroxylation sites is 1. The van der Waals surface area contributed by atoms with Crippen LogP contribution in [0.4, 0.5) is 0 Å². The Balaban J connectivity index is 1.37. The van der Waals surface area contributed by atoms with Crippen molar-refractivity contribution < 1.29 is 19.1 Å². The molecule has 0 radical (unpaired) electrons. The van der Waals surface area contributed by atoms with Gasteiger partial charge in [0.2, 0.25) is 6.79 Å². The van der Waals surface area contributed by atoms with E-state index in [-0.39, 0.29) is 19.2 Å². The van der Waals surface area contributed by atoms with Gasteiger partial charge in [-0.3, -0.25) is 14.5 Å². The van der Waals surface area contributed by atoms with Gasteiger partial charge in [-0.25, -0.2) is 0 Å². The maximum absolute atomic E-state index is 13.5. The van der Waals surface area contributed by atoms with Crippen molar-refractivity contribution in [1.82, 2.24) is 19.9 Å². The molecule has 0 N–H and O–H groups in total. The molecular formula is C26H18N4O4. The average Bonchev–Trinajstić information content (AvgIpc) is 3.54. The third kappa shape index (κ3) is 3.41. The van der Waals surface area contributed by atoms with Crippen LogP contribution in [0.25, 0.3) is 17.3 Å². The van der Waals surface area contributed by atoms with Crippen LogP contribution < -0.4 is 9.47 Å². The van der Waals surface area contributed by atoms with Gasteiger partial charge in [0, 0.05) is 11.1 Å². The van der Waals surface area contributed by atoms with Crippen molar-refractivity contribution in [2.45, 2.75) is 6.54 Å². The lowest BCUT2D eigenvalue weighted by atomic mass is 9.92. The fourth-order valence-corrected chi connectivity index (χ4v) is 4.08. The molecule has 1 aromatic heterocycles. The summed E-state index contributed by atoms with van der Waals surface area (Å²) >= 11 is 0. The molecule has 0 saturated carbocycles. The van der Waals surface area contributed by atoms with E-state index in [1.54, 1.807) is 42.6 Å². The zero-order chi connectivity index (χ0) is 23.1. The molecule has 6 rings (SSSR count). The van der Waals surface area contributed by atoms with E-state index in [1.165, 1.54) is 9.70 Å². The standard InChI is InChI=1S/C26H18N4O4/c31-25-21-9-5-4-8-20(21)22(13-18-14-27-30(28-18)19-6-2-1-3-7-19)26(32)29(25)15-17-10-11-23-24(12-17)34-16-33-23/h1-14H,15-16H2/b22-13+. The Morgan fingerprint density at radius 3 is 2.47 bits per heavy atom. The molecule has 2 amide bonds. The second-order valence-corrected chi connectivity index (χ2v) is 7.88. The van der Waals surface area contributed by atoms with Crippen molar-refractivity contribution in [3.8, 4) is 17.2 Å². The molecular weight excluding hydrogens is 432 g/mol. The summed E-state index contributed by atoms with van der Waals surface area (Å²) < 4.78 is 10.8. The largest absolute Gasteiger partial charge is 0.454 e. The number of amides is 2. The van der Waals surface area contributed by atoms with Gasteiger partial charge in [-0.05, 0) is 42.0 Å². The Labute approximate surface area is 194 Å². The average molecular weight is 450 g/mol. The lowest BCUT2D eigenvalue weighted by molar-refractivity contribution is -0.123. The van der Waals surface area contributed by atoms with Gasteiger partial charge in [-0.2, -0.15) is 9.90 Å². The fourth-order valence-electron chi connectivity index (χ4n) is 4.08. The minimum atomic E-state index is -0.393. The van der Waals surface area contributed by atoms with Gasteiger partial charge in [-0.15, -0.1) is 5.10 Å². The maximum atomic E-state index is 13.5. The highest BCUT2D eigenvalue weighted by Gasteiger charge is 2.35. The van der Waals surface area contributed by atoms with Gasteiger partial charge in [-0.1, -0.05) is 42.5 Å². The molecule has 8 heteroatoms. The van der Waals surface area contributed by atoms with Gasteiger partial charge in [0.15, 0.2) is 11.5 Å². The number of ether oxygens (including phenoxy) is 2. The normalized spacial score (nSPS) is 15.6. The molecule has 4 aromatic rings. The lowest BCUT2D eigenvalue weighted by Crippen LogP contribution is -2.41. The predicted molar refractivity (Wildman–Crippen MR) is 123 cm³/mol. The zero-order valence-electron chi connectivity index (χ0n) is 17.9. The van der Waals surface area contributed by atoms with Gasteiger partial charge in [0.05, 0.1) is 24.0 Å². The first-order valence-corrected chi connectivity index (χ1v) is 10.7. The Kier molecular flexibility index (Phi) is 4.69. The quantitative estimate of drug-likeness (QED) is 0.348. The number of hydrogen-bond acceptors (Lipinski definition) is 6. The highest BCUT2D eigenvalue weighted by atomic mass is 16.7. The number of fused-ring (bicyclic) bond motifs is 2. The topological polar surface area (TPSA) is 86.5 Å². The second-order valence-electron chi connectivity index (χ2n) is 7.88. The van der Waals surface area contributed by atoms with E-state index in [2.05, 4.69) is 10.2 Å². The minimum Gasteiger partial charge on any atom is -0.454 e.